The summed E-state index contributed by atoms with van der Waals surface area (Å²) in [6, 6.07) is 8.71. The molecule has 1 aromatic heterocycles. The summed E-state index contributed by atoms with van der Waals surface area (Å²) in [5, 5.41) is 0. The van der Waals surface area contributed by atoms with Crippen LogP contribution in [0.25, 0.3) is 0 Å². The van der Waals surface area contributed by atoms with Crippen LogP contribution in [0.3, 0.4) is 0 Å². The van der Waals surface area contributed by atoms with Crippen molar-refractivity contribution in [2.45, 2.75) is 26.4 Å². The Morgan fingerprint density at radius 3 is 2.68 bits per heavy atom. The van der Waals surface area contributed by atoms with Gasteiger partial charge in [-0.2, -0.15) is 0 Å². The number of nitrogens with two attached hydrogens (primary N) is 1. The Morgan fingerprint density at radius 1 is 1.37 bits per heavy atom. The molecule has 0 aliphatic heterocycles. The second-order valence-electron chi connectivity index (χ2n) is 4.59. The van der Waals surface area contributed by atoms with Crippen LogP contribution in [0.2, 0.25) is 0 Å². The average molecular weight is 262 g/mol. The van der Waals surface area contributed by atoms with Gasteiger partial charge in [-0.05, 0) is 43.7 Å². The molecule has 2 aromatic rings. The maximum atomic E-state index is 14.1. The van der Waals surface area contributed by atoms with Crippen LogP contribution in [0.15, 0.2) is 41.0 Å². The Balaban J connectivity index is 2.23. The van der Waals surface area contributed by atoms with Crippen molar-refractivity contribution in [3.05, 3.63) is 53.7 Å². The molecule has 0 saturated heterocycles. The molecule has 19 heavy (non-hydrogen) atoms. The number of halogens is 1. The smallest absolute Gasteiger partial charge is 0.146 e. The van der Waals surface area contributed by atoms with Crippen molar-refractivity contribution in [1.29, 1.82) is 0 Å². The van der Waals surface area contributed by atoms with Crippen molar-refractivity contribution in [2.24, 2.45) is 5.73 Å². The molecule has 0 aliphatic carbocycles. The van der Waals surface area contributed by atoms with Crippen LogP contribution >= 0.6 is 0 Å². The maximum absolute atomic E-state index is 14.1. The molecule has 1 atom stereocenters. The number of nitrogens with zero attached hydrogens (tertiary/aromatic N) is 1. The van der Waals surface area contributed by atoms with Crippen LogP contribution in [-0.2, 0) is 6.54 Å². The summed E-state index contributed by atoms with van der Waals surface area (Å²) < 4.78 is 19.5. The van der Waals surface area contributed by atoms with Crippen molar-refractivity contribution in [3.63, 3.8) is 0 Å². The Morgan fingerprint density at radius 2 is 2.16 bits per heavy atom. The summed E-state index contributed by atoms with van der Waals surface area (Å²) in [6.45, 7) is 5.09. The van der Waals surface area contributed by atoms with E-state index in [2.05, 4.69) is 0 Å². The van der Waals surface area contributed by atoms with Crippen molar-refractivity contribution in [3.8, 4) is 0 Å². The van der Waals surface area contributed by atoms with Gasteiger partial charge in [0.05, 0.1) is 18.5 Å². The highest BCUT2D eigenvalue weighted by Crippen LogP contribution is 2.24. The lowest BCUT2D eigenvalue weighted by atomic mass is 10.1. The minimum atomic E-state index is -0.247. The first kappa shape index (κ1) is 13.6. The summed E-state index contributed by atoms with van der Waals surface area (Å²) in [6.07, 6.45) is 1.62. The molecular weight excluding hydrogens is 243 g/mol. The molecular formula is C15H19FN2O. The SMILES string of the molecule is CCN(Cc1ccco1)c1ccc([C@H](C)N)cc1F. The maximum Gasteiger partial charge on any atom is 0.146 e. The Labute approximate surface area is 112 Å². The van der Waals surface area contributed by atoms with E-state index in [0.29, 0.717) is 18.8 Å². The zero-order valence-corrected chi connectivity index (χ0v) is 11.3. The number of rotatable bonds is 5. The second-order valence-corrected chi connectivity index (χ2v) is 4.59. The summed E-state index contributed by atoms with van der Waals surface area (Å²) in [4.78, 5) is 1.93. The molecule has 0 bridgehead atoms. The molecule has 3 nitrogen and oxygen atoms in total. The second kappa shape index (κ2) is 5.89. The fourth-order valence-corrected chi connectivity index (χ4v) is 2.02. The van der Waals surface area contributed by atoms with Gasteiger partial charge in [0.25, 0.3) is 0 Å². The first-order chi connectivity index (χ1) is 9.11. The lowest BCUT2D eigenvalue weighted by molar-refractivity contribution is 0.501. The number of hydrogen-bond donors (Lipinski definition) is 1. The summed E-state index contributed by atoms with van der Waals surface area (Å²) >= 11 is 0. The number of benzene rings is 1. The van der Waals surface area contributed by atoms with Gasteiger partial charge in [-0.3, -0.25) is 0 Å². The lowest BCUT2D eigenvalue weighted by Crippen LogP contribution is -2.23. The normalized spacial score (nSPS) is 12.4. The molecule has 2 rings (SSSR count). The quantitative estimate of drug-likeness (QED) is 0.897. The van der Waals surface area contributed by atoms with Gasteiger partial charge in [-0.25, -0.2) is 4.39 Å². The molecule has 0 aliphatic rings. The van der Waals surface area contributed by atoms with Crippen LogP contribution in [0.5, 0.6) is 0 Å². The Kier molecular flexibility index (Phi) is 4.22. The van der Waals surface area contributed by atoms with E-state index in [1.807, 2.05) is 36.9 Å². The van der Waals surface area contributed by atoms with Crippen LogP contribution in [0, 0.1) is 5.82 Å². The van der Waals surface area contributed by atoms with E-state index >= 15 is 0 Å². The highest BCUT2D eigenvalue weighted by atomic mass is 19.1. The van der Waals surface area contributed by atoms with Gasteiger partial charge in [0.1, 0.15) is 11.6 Å². The van der Waals surface area contributed by atoms with Gasteiger partial charge in [0.2, 0.25) is 0 Å². The monoisotopic (exact) mass is 262 g/mol. The zero-order chi connectivity index (χ0) is 13.8. The lowest BCUT2D eigenvalue weighted by Gasteiger charge is -2.23. The van der Waals surface area contributed by atoms with E-state index < -0.39 is 0 Å². The standard InChI is InChI=1S/C15H19FN2O/c1-3-18(10-13-5-4-8-19-13)15-7-6-12(11(2)17)9-14(15)16/h4-9,11H,3,10,17H2,1-2H3/t11-/m0/s1. The van der Waals surface area contributed by atoms with E-state index in [4.69, 9.17) is 10.2 Å². The third-order valence-electron chi connectivity index (χ3n) is 3.15. The fraction of sp³-hybridized carbons (Fsp3) is 0.333. The summed E-state index contributed by atoms with van der Waals surface area (Å²) in [5.41, 5.74) is 7.13. The molecule has 1 heterocycles. The topological polar surface area (TPSA) is 42.4 Å². The van der Waals surface area contributed by atoms with E-state index in [-0.39, 0.29) is 11.9 Å². The number of hydrogen-bond acceptors (Lipinski definition) is 3. The molecule has 0 spiro atoms. The van der Waals surface area contributed by atoms with E-state index in [0.717, 1.165) is 11.3 Å². The minimum absolute atomic E-state index is 0.163. The Hall–Kier alpha value is -1.81. The van der Waals surface area contributed by atoms with Gasteiger partial charge in [0, 0.05) is 12.6 Å². The van der Waals surface area contributed by atoms with E-state index in [1.54, 1.807) is 12.3 Å². The average Bonchev–Trinajstić information content (AvgIpc) is 2.89. The van der Waals surface area contributed by atoms with Crippen LogP contribution < -0.4 is 10.6 Å². The number of anilines is 1. The highest BCUT2D eigenvalue weighted by Gasteiger charge is 2.13. The predicted octanol–water partition coefficient (Wildman–Crippen LogP) is 3.46. The summed E-state index contributed by atoms with van der Waals surface area (Å²) in [5.74, 6) is 0.570. The molecule has 0 amide bonds. The van der Waals surface area contributed by atoms with E-state index in [1.165, 1.54) is 6.07 Å². The molecule has 0 fully saturated rings. The van der Waals surface area contributed by atoms with Crippen LogP contribution in [0.4, 0.5) is 10.1 Å². The molecule has 0 unspecified atom stereocenters. The molecule has 2 N–H and O–H groups in total. The third kappa shape index (κ3) is 3.15. The zero-order valence-electron chi connectivity index (χ0n) is 11.3. The van der Waals surface area contributed by atoms with Gasteiger partial charge >= 0.3 is 0 Å². The molecule has 102 valence electrons. The summed E-state index contributed by atoms with van der Waals surface area (Å²) in [7, 11) is 0. The van der Waals surface area contributed by atoms with Gasteiger partial charge < -0.3 is 15.1 Å². The Bertz CT molecular complexity index is 523. The van der Waals surface area contributed by atoms with Crippen molar-refractivity contribution in [1.82, 2.24) is 0 Å². The van der Waals surface area contributed by atoms with Gasteiger partial charge in [0.15, 0.2) is 0 Å². The third-order valence-corrected chi connectivity index (χ3v) is 3.15. The first-order valence-electron chi connectivity index (χ1n) is 6.44. The minimum Gasteiger partial charge on any atom is -0.467 e. The largest absolute Gasteiger partial charge is 0.467 e. The fourth-order valence-electron chi connectivity index (χ4n) is 2.02. The highest BCUT2D eigenvalue weighted by molar-refractivity contribution is 5.49. The van der Waals surface area contributed by atoms with Crippen molar-refractivity contribution < 1.29 is 8.81 Å². The van der Waals surface area contributed by atoms with Crippen LogP contribution in [-0.4, -0.2) is 6.54 Å². The van der Waals surface area contributed by atoms with Crippen LogP contribution in [0.1, 0.15) is 31.2 Å². The molecule has 4 heteroatoms. The number of furan rings is 1. The predicted molar refractivity (Wildman–Crippen MR) is 74.4 cm³/mol. The molecule has 0 radical (unpaired) electrons. The van der Waals surface area contributed by atoms with Crippen molar-refractivity contribution >= 4 is 5.69 Å². The van der Waals surface area contributed by atoms with Gasteiger partial charge in [-0.1, -0.05) is 6.07 Å². The van der Waals surface area contributed by atoms with Gasteiger partial charge in [-0.15, -0.1) is 0 Å². The van der Waals surface area contributed by atoms with E-state index in [9.17, 15) is 4.39 Å². The molecule has 0 saturated carbocycles. The van der Waals surface area contributed by atoms with Crippen molar-refractivity contribution in [2.75, 3.05) is 11.4 Å². The first-order valence-corrected chi connectivity index (χ1v) is 6.44. The molecule has 1 aromatic carbocycles.